The zero-order chi connectivity index (χ0) is 17.7. The van der Waals surface area contributed by atoms with Crippen LogP contribution in [0.3, 0.4) is 0 Å². The highest BCUT2D eigenvalue weighted by molar-refractivity contribution is 5.86. The summed E-state index contributed by atoms with van der Waals surface area (Å²) in [5.41, 5.74) is 8.10. The van der Waals surface area contributed by atoms with Crippen LogP contribution in [0.1, 0.15) is 58.4 Å². The number of nitrogens with two attached hydrogens (primary N) is 1. The van der Waals surface area contributed by atoms with Gasteiger partial charge in [-0.25, -0.2) is 4.98 Å². The minimum Gasteiger partial charge on any atom is -0.368 e. The molecule has 24 heavy (non-hydrogen) atoms. The molecule has 0 amide bonds. The SMILES string of the molecule is CCCC[C@](C)(CCC(C)=O)Nc1nc(N)nc2cc(C)cnc12. The fourth-order valence-corrected chi connectivity index (χ4v) is 2.78. The Bertz CT molecular complexity index is 725. The quantitative estimate of drug-likeness (QED) is 0.768. The third-order valence-corrected chi connectivity index (χ3v) is 4.22. The van der Waals surface area contributed by atoms with E-state index in [4.69, 9.17) is 5.73 Å². The first-order chi connectivity index (χ1) is 11.3. The van der Waals surface area contributed by atoms with Crippen LogP contribution in [0.15, 0.2) is 12.3 Å². The second-order valence-corrected chi connectivity index (χ2v) is 6.80. The number of pyridine rings is 1. The van der Waals surface area contributed by atoms with Crippen LogP contribution in [0, 0.1) is 6.92 Å². The standard InChI is InChI=1S/C18H27N5O/c1-5-6-8-18(4,9-7-13(3)24)23-16-15-14(21-17(19)22-16)10-12(2)11-20-15/h10-11H,5-9H2,1-4H3,(H3,19,21,22,23)/t18-/m1/s1. The van der Waals surface area contributed by atoms with E-state index in [-0.39, 0.29) is 17.3 Å². The maximum Gasteiger partial charge on any atom is 0.222 e. The van der Waals surface area contributed by atoms with E-state index in [1.165, 1.54) is 0 Å². The lowest BCUT2D eigenvalue weighted by Crippen LogP contribution is -2.36. The first-order valence-electron chi connectivity index (χ1n) is 8.50. The van der Waals surface area contributed by atoms with Gasteiger partial charge in [-0.2, -0.15) is 4.98 Å². The van der Waals surface area contributed by atoms with Gasteiger partial charge in [-0.15, -0.1) is 0 Å². The van der Waals surface area contributed by atoms with Gasteiger partial charge >= 0.3 is 0 Å². The average molecular weight is 329 g/mol. The van der Waals surface area contributed by atoms with Gasteiger partial charge in [0.05, 0.1) is 5.52 Å². The fraction of sp³-hybridized carbons (Fsp3) is 0.556. The Kier molecular flexibility index (Phi) is 5.70. The Morgan fingerprint density at radius 1 is 1.33 bits per heavy atom. The number of hydrogen-bond donors (Lipinski definition) is 2. The number of ketones is 1. The van der Waals surface area contributed by atoms with Gasteiger partial charge in [-0.3, -0.25) is 4.98 Å². The van der Waals surface area contributed by atoms with E-state index in [0.717, 1.165) is 36.8 Å². The summed E-state index contributed by atoms with van der Waals surface area (Å²) in [7, 11) is 0. The Hall–Kier alpha value is -2.24. The van der Waals surface area contributed by atoms with Crippen LogP contribution >= 0.6 is 0 Å². The predicted molar refractivity (Wildman–Crippen MR) is 98.0 cm³/mol. The van der Waals surface area contributed by atoms with E-state index in [1.807, 2.05) is 13.0 Å². The van der Waals surface area contributed by atoms with Crippen LogP contribution in [0.4, 0.5) is 11.8 Å². The van der Waals surface area contributed by atoms with Crippen LogP contribution in [0.5, 0.6) is 0 Å². The minimum atomic E-state index is -0.234. The van der Waals surface area contributed by atoms with Gasteiger partial charge in [0.25, 0.3) is 0 Å². The number of anilines is 2. The predicted octanol–water partition coefficient (Wildman–Crippen LogP) is 3.65. The zero-order valence-electron chi connectivity index (χ0n) is 15.0. The van der Waals surface area contributed by atoms with Gasteiger partial charge in [0.15, 0.2) is 5.82 Å². The van der Waals surface area contributed by atoms with Crippen molar-refractivity contribution in [2.45, 2.75) is 65.3 Å². The van der Waals surface area contributed by atoms with E-state index in [0.29, 0.717) is 17.8 Å². The molecule has 0 aliphatic rings. The molecule has 0 saturated carbocycles. The molecule has 0 saturated heterocycles. The van der Waals surface area contributed by atoms with Crippen LogP contribution in [0.2, 0.25) is 0 Å². The molecule has 2 aromatic heterocycles. The number of carbonyl (C=O) groups excluding carboxylic acids is 1. The van der Waals surface area contributed by atoms with Gasteiger partial charge in [0, 0.05) is 18.2 Å². The lowest BCUT2D eigenvalue weighted by Gasteiger charge is -2.31. The van der Waals surface area contributed by atoms with Crippen LogP contribution < -0.4 is 11.1 Å². The Balaban J connectivity index is 2.37. The fourth-order valence-electron chi connectivity index (χ4n) is 2.78. The Morgan fingerprint density at radius 3 is 2.75 bits per heavy atom. The normalized spacial score (nSPS) is 13.7. The molecule has 0 unspecified atom stereocenters. The molecule has 2 aromatic rings. The van der Waals surface area contributed by atoms with Crippen molar-refractivity contribution in [1.82, 2.24) is 15.0 Å². The summed E-state index contributed by atoms with van der Waals surface area (Å²) in [5, 5.41) is 3.50. The highest BCUT2D eigenvalue weighted by atomic mass is 16.1. The molecule has 3 N–H and O–H groups in total. The van der Waals surface area contributed by atoms with Crippen molar-refractivity contribution in [3.05, 3.63) is 17.8 Å². The van der Waals surface area contributed by atoms with Gasteiger partial charge in [-0.1, -0.05) is 19.8 Å². The van der Waals surface area contributed by atoms with Crippen molar-refractivity contribution >= 4 is 28.6 Å². The molecule has 0 aliphatic carbocycles. The van der Waals surface area contributed by atoms with Crippen molar-refractivity contribution in [2.75, 3.05) is 11.1 Å². The van der Waals surface area contributed by atoms with Crippen molar-refractivity contribution in [2.24, 2.45) is 0 Å². The summed E-state index contributed by atoms with van der Waals surface area (Å²) in [6.45, 7) is 7.89. The third kappa shape index (κ3) is 4.63. The van der Waals surface area contributed by atoms with Crippen LogP contribution in [-0.4, -0.2) is 26.3 Å². The molecule has 0 bridgehead atoms. The van der Waals surface area contributed by atoms with E-state index in [1.54, 1.807) is 13.1 Å². The molecule has 0 fully saturated rings. The number of nitrogen functional groups attached to an aromatic ring is 1. The second-order valence-electron chi connectivity index (χ2n) is 6.80. The molecule has 0 aliphatic heterocycles. The minimum absolute atomic E-state index is 0.195. The first-order valence-corrected chi connectivity index (χ1v) is 8.50. The van der Waals surface area contributed by atoms with E-state index in [2.05, 4.69) is 34.1 Å². The number of fused-ring (bicyclic) bond motifs is 1. The van der Waals surface area contributed by atoms with Crippen molar-refractivity contribution in [1.29, 1.82) is 0 Å². The van der Waals surface area contributed by atoms with E-state index in [9.17, 15) is 4.79 Å². The topological polar surface area (TPSA) is 93.8 Å². The molecule has 0 radical (unpaired) electrons. The summed E-state index contributed by atoms with van der Waals surface area (Å²) in [6.07, 6.45) is 6.21. The molecular weight excluding hydrogens is 302 g/mol. The number of unbranched alkanes of at least 4 members (excludes halogenated alkanes) is 1. The van der Waals surface area contributed by atoms with Crippen molar-refractivity contribution in [3.63, 3.8) is 0 Å². The molecule has 1 atom stereocenters. The molecule has 6 heteroatoms. The number of aryl methyl sites for hydroxylation is 1. The van der Waals surface area contributed by atoms with Gasteiger partial charge in [0.2, 0.25) is 5.95 Å². The summed E-state index contributed by atoms with van der Waals surface area (Å²) >= 11 is 0. The number of aromatic nitrogens is 3. The largest absolute Gasteiger partial charge is 0.368 e. The van der Waals surface area contributed by atoms with Crippen LogP contribution in [-0.2, 0) is 4.79 Å². The van der Waals surface area contributed by atoms with E-state index < -0.39 is 0 Å². The number of rotatable bonds is 8. The smallest absolute Gasteiger partial charge is 0.222 e. The molecule has 0 aromatic carbocycles. The summed E-state index contributed by atoms with van der Waals surface area (Å²) < 4.78 is 0. The highest BCUT2D eigenvalue weighted by Gasteiger charge is 2.26. The number of hydrogen-bond acceptors (Lipinski definition) is 6. The monoisotopic (exact) mass is 329 g/mol. The maximum atomic E-state index is 11.4. The lowest BCUT2D eigenvalue weighted by molar-refractivity contribution is -0.117. The maximum absolute atomic E-state index is 11.4. The molecular formula is C18H27N5O. The average Bonchev–Trinajstić information content (AvgIpc) is 2.50. The number of carbonyl (C=O) groups is 1. The second kappa shape index (κ2) is 7.55. The third-order valence-electron chi connectivity index (χ3n) is 4.22. The van der Waals surface area contributed by atoms with Gasteiger partial charge < -0.3 is 15.8 Å². The first kappa shape index (κ1) is 18.1. The van der Waals surface area contributed by atoms with Gasteiger partial charge in [0.1, 0.15) is 11.3 Å². The summed E-state index contributed by atoms with van der Waals surface area (Å²) in [6, 6.07) is 1.95. The van der Waals surface area contributed by atoms with Crippen LogP contribution in [0.25, 0.3) is 11.0 Å². The highest BCUT2D eigenvalue weighted by Crippen LogP contribution is 2.28. The number of nitrogens with zero attached hydrogens (tertiary/aromatic N) is 3. The van der Waals surface area contributed by atoms with E-state index >= 15 is 0 Å². The van der Waals surface area contributed by atoms with Crippen molar-refractivity contribution < 1.29 is 4.79 Å². The summed E-state index contributed by atoms with van der Waals surface area (Å²) in [4.78, 5) is 24.5. The van der Waals surface area contributed by atoms with Crippen molar-refractivity contribution in [3.8, 4) is 0 Å². The zero-order valence-corrected chi connectivity index (χ0v) is 15.0. The number of nitrogens with one attached hydrogen (secondary N) is 1. The Labute approximate surface area is 143 Å². The molecule has 6 nitrogen and oxygen atoms in total. The summed E-state index contributed by atoms with van der Waals surface area (Å²) in [5.74, 6) is 1.06. The van der Waals surface area contributed by atoms with Gasteiger partial charge in [-0.05, 0) is 45.2 Å². The number of Topliss-reactive ketones (excluding diaryl/α,β-unsaturated/α-hetero) is 1. The molecule has 2 heterocycles. The molecule has 2 rings (SSSR count). The molecule has 0 spiro atoms. The lowest BCUT2D eigenvalue weighted by atomic mass is 9.89. The molecule has 130 valence electrons. The Morgan fingerprint density at radius 2 is 2.08 bits per heavy atom.